The highest BCUT2D eigenvalue weighted by Gasteiger charge is 2.27. The standard InChI is InChI=1S/C28H21F3N2O/c29-28(30,31)16-18-9-11-20(12-10-18)21-13-14-22-25(15-21)33(17-19-5-2-1-3-6-19)24-8-4-7-23(26(22)24)27(32)34/h1-15H,16-17H2,(H2,32,34). The number of carbonyl (C=O) groups is 1. The molecular weight excluding hydrogens is 437 g/mol. The predicted molar refractivity (Wildman–Crippen MR) is 129 cm³/mol. The molecule has 0 atom stereocenters. The first-order valence-corrected chi connectivity index (χ1v) is 10.8. The van der Waals surface area contributed by atoms with E-state index in [9.17, 15) is 18.0 Å². The largest absolute Gasteiger partial charge is 0.393 e. The van der Waals surface area contributed by atoms with Gasteiger partial charge in [-0.2, -0.15) is 13.2 Å². The van der Waals surface area contributed by atoms with E-state index in [1.54, 1.807) is 18.2 Å². The molecule has 4 aromatic carbocycles. The molecule has 1 amide bonds. The molecule has 2 N–H and O–H groups in total. The Hall–Kier alpha value is -4.06. The number of carbonyl (C=O) groups excluding carboxylic acids is 1. The number of hydrogen-bond acceptors (Lipinski definition) is 1. The monoisotopic (exact) mass is 458 g/mol. The molecule has 0 fully saturated rings. The van der Waals surface area contributed by atoms with Gasteiger partial charge in [-0.1, -0.05) is 72.8 Å². The number of benzene rings is 4. The van der Waals surface area contributed by atoms with Gasteiger partial charge in [-0.05, 0) is 40.5 Å². The Balaban J connectivity index is 1.67. The van der Waals surface area contributed by atoms with Crippen molar-refractivity contribution in [2.45, 2.75) is 19.1 Å². The summed E-state index contributed by atoms with van der Waals surface area (Å²) in [4.78, 5) is 12.2. The van der Waals surface area contributed by atoms with Gasteiger partial charge in [-0.15, -0.1) is 0 Å². The molecule has 0 saturated carbocycles. The lowest BCUT2D eigenvalue weighted by molar-refractivity contribution is -0.127. The molecule has 0 radical (unpaired) electrons. The van der Waals surface area contributed by atoms with Crippen LogP contribution in [0.3, 0.4) is 0 Å². The van der Waals surface area contributed by atoms with Crippen LogP contribution in [-0.2, 0) is 13.0 Å². The van der Waals surface area contributed by atoms with E-state index in [0.29, 0.717) is 12.1 Å². The van der Waals surface area contributed by atoms with Crippen molar-refractivity contribution in [1.82, 2.24) is 4.57 Å². The second-order valence-corrected chi connectivity index (χ2v) is 8.36. The molecule has 0 aliphatic carbocycles. The lowest BCUT2D eigenvalue weighted by Crippen LogP contribution is -2.11. The van der Waals surface area contributed by atoms with E-state index >= 15 is 0 Å². The van der Waals surface area contributed by atoms with Crippen molar-refractivity contribution in [3.63, 3.8) is 0 Å². The van der Waals surface area contributed by atoms with E-state index < -0.39 is 18.5 Å². The summed E-state index contributed by atoms with van der Waals surface area (Å²) in [5, 5.41) is 1.70. The van der Waals surface area contributed by atoms with Crippen LogP contribution < -0.4 is 5.73 Å². The van der Waals surface area contributed by atoms with Gasteiger partial charge in [0.2, 0.25) is 5.91 Å². The zero-order valence-corrected chi connectivity index (χ0v) is 18.1. The van der Waals surface area contributed by atoms with Crippen LogP contribution in [0.1, 0.15) is 21.5 Å². The third-order valence-corrected chi connectivity index (χ3v) is 6.03. The number of alkyl halides is 3. The van der Waals surface area contributed by atoms with Crippen LogP contribution in [0.5, 0.6) is 0 Å². The average Bonchev–Trinajstić information content (AvgIpc) is 3.12. The number of aromatic nitrogens is 1. The van der Waals surface area contributed by atoms with Crippen molar-refractivity contribution < 1.29 is 18.0 Å². The molecule has 1 heterocycles. The maximum atomic E-state index is 12.7. The summed E-state index contributed by atoms with van der Waals surface area (Å²) in [7, 11) is 0. The molecule has 0 aliphatic heterocycles. The molecule has 1 aromatic heterocycles. The highest BCUT2D eigenvalue weighted by Crippen LogP contribution is 2.35. The Kier molecular flexibility index (Phi) is 5.36. The van der Waals surface area contributed by atoms with E-state index in [-0.39, 0.29) is 5.56 Å². The minimum atomic E-state index is -4.24. The van der Waals surface area contributed by atoms with E-state index in [2.05, 4.69) is 4.57 Å². The van der Waals surface area contributed by atoms with Crippen LogP contribution in [0, 0.1) is 0 Å². The van der Waals surface area contributed by atoms with Crippen LogP contribution >= 0.6 is 0 Å². The molecule has 0 bridgehead atoms. The molecule has 5 rings (SSSR count). The minimum absolute atomic E-state index is 0.224. The van der Waals surface area contributed by atoms with Crippen molar-refractivity contribution in [3.8, 4) is 11.1 Å². The number of fused-ring (bicyclic) bond motifs is 3. The minimum Gasteiger partial charge on any atom is -0.366 e. The fourth-order valence-corrected chi connectivity index (χ4v) is 4.51. The summed E-state index contributed by atoms with van der Waals surface area (Å²) in [6, 6.07) is 27.8. The summed E-state index contributed by atoms with van der Waals surface area (Å²) in [6.45, 7) is 0.594. The van der Waals surface area contributed by atoms with Crippen molar-refractivity contribution in [3.05, 3.63) is 108 Å². The highest BCUT2D eigenvalue weighted by atomic mass is 19.4. The second-order valence-electron chi connectivity index (χ2n) is 8.36. The zero-order chi connectivity index (χ0) is 23.9. The molecular formula is C28H21F3N2O. The van der Waals surface area contributed by atoms with Gasteiger partial charge >= 0.3 is 6.18 Å². The van der Waals surface area contributed by atoms with Crippen LogP contribution in [0.4, 0.5) is 13.2 Å². The van der Waals surface area contributed by atoms with Crippen molar-refractivity contribution in [2.24, 2.45) is 5.73 Å². The van der Waals surface area contributed by atoms with Crippen LogP contribution in [0.15, 0.2) is 91.0 Å². The van der Waals surface area contributed by atoms with Crippen molar-refractivity contribution in [1.29, 1.82) is 0 Å². The van der Waals surface area contributed by atoms with E-state index in [4.69, 9.17) is 5.73 Å². The molecule has 5 aromatic rings. The predicted octanol–water partition coefficient (Wildman–Crippen LogP) is 6.71. The second kappa shape index (κ2) is 8.37. The molecule has 34 heavy (non-hydrogen) atoms. The van der Waals surface area contributed by atoms with Gasteiger partial charge in [0.1, 0.15) is 0 Å². The first-order chi connectivity index (χ1) is 16.3. The lowest BCUT2D eigenvalue weighted by atomic mass is 10.00. The fraction of sp³-hybridized carbons (Fsp3) is 0.107. The van der Waals surface area contributed by atoms with Gasteiger partial charge in [0.25, 0.3) is 0 Å². The third-order valence-electron chi connectivity index (χ3n) is 6.03. The molecule has 0 saturated heterocycles. The summed E-state index contributed by atoms with van der Waals surface area (Å²) in [5.41, 5.74) is 11.0. The van der Waals surface area contributed by atoms with Gasteiger partial charge < -0.3 is 10.3 Å². The SMILES string of the molecule is NC(=O)c1cccc2c1c1ccc(-c3ccc(CC(F)(F)F)cc3)cc1n2Cc1ccccc1. The Morgan fingerprint density at radius 2 is 1.47 bits per heavy atom. The highest BCUT2D eigenvalue weighted by molar-refractivity contribution is 6.18. The van der Waals surface area contributed by atoms with Gasteiger partial charge in [0, 0.05) is 22.9 Å². The zero-order valence-electron chi connectivity index (χ0n) is 18.1. The van der Waals surface area contributed by atoms with Crippen molar-refractivity contribution in [2.75, 3.05) is 0 Å². The number of halogens is 3. The van der Waals surface area contributed by atoms with Crippen LogP contribution in [-0.4, -0.2) is 16.7 Å². The third kappa shape index (κ3) is 4.15. The lowest BCUT2D eigenvalue weighted by Gasteiger charge is -2.10. The number of hydrogen-bond donors (Lipinski definition) is 1. The average molecular weight is 458 g/mol. The Morgan fingerprint density at radius 3 is 2.15 bits per heavy atom. The number of primary amides is 1. The van der Waals surface area contributed by atoms with Gasteiger partial charge in [-0.25, -0.2) is 0 Å². The van der Waals surface area contributed by atoms with E-state index in [1.165, 1.54) is 12.1 Å². The van der Waals surface area contributed by atoms with E-state index in [1.807, 2.05) is 60.7 Å². The van der Waals surface area contributed by atoms with Crippen LogP contribution in [0.25, 0.3) is 32.9 Å². The maximum absolute atomic E-state index is 12.7. The van der Waals surface area contributed by atoms with Crippen LogP contribution in [0.2, 0.25) is 0 Å². The van der Waals surface area contributed by atoms with E-state index in [0.717, 1.165) is 38.5 Å². The molecule has 0 unspecified atom stereocenters. The Labute approximate surface area is 194 Å². The Morgan fingerprint density at radius 1 is 0.765 bits per heavy atom. The quantitative estimate of drug-likeness (QED) is 0.313. The number of rotatable bonds is 5. The topological polar surface area (TPSA) is 48.0 Å². The molecule has 170 valence electrons. The first kappa shape index (κ1) is 21.8. The van der Waals surface area contributed by atoms with Gasteiger partial charge in [0.15, 0.2) is 0 Å². The van der Waals surface area contributed by atoms with Gasteiger partial charge in [0.05, 0.1) is 17.5 Å². The number of nitrogens with two attached hydrogens (primary N) is 1. The number of nitrogens with zero attached hydrogens (tertiary/aromatic N) is 1. The normalized spacial score (nSPS) is 11.9. The number of amides is 1. The fourth-order valence-electron chi connectivity index (χ4n) is 4.51. The van der Waals surface area contributed by atoms with Crippen molar-refractivity contribution >= 4 is 27.7 Å². The molecule has 3 nitrogen and oxygen atoms in total. The summed E-state index contributed by atoms with van der Waals surface area (Å²) < 4.78 is 40.3. The molecule has 0 spiro atoms. The Bertz CT molecular complexity index is 1500. The molecule has 6 heteroatoms. The van der Waals surface area contributed by atoms with Gasteiger partial charge in [-0.3, -0.25) is 4.79 Å². The summed E-state index contributed by atoms with van der Waals surface area (Å²) >= 11 is 0. The first-order valence-electron chi connectivity index (χ1n) is 10.8. The summed E-state index contributed by atoms with van der Waals surface area (Å²) in [5.74, 6) is -0.492. The molecule has 0 aliphatic rings. The maximum Gasteiger partial charge on any atom is 0.393 e. The summed E-state index contributed by atoms with van der Waals surface area (Å²) in [6.07, 6.45) is -5.19. The smallest absolute Gasteiger partial charge is 0.366 e.